The number of benzene rings is 2. The van der Waals surface area contributed by atoms with Crippen LogP contribution >= 0.6 is 11.6 Å². The minimum atomic E-state index is -0.252. The van der Waals surface area contributed by atoms with E-state index in [-0.39, 0.29) is 37.8 Å². The first-order chi connectivity index (χ1) is 15.1. The number of ether oxygens (including phenoxy) is 3. The summed E-state index contributed by atoms with van der Waals surface area (Å²) in [6, 6.07) is 11.0. The van der Waals surface area contributed by atoms with Gasteiger partial charge in [-0.15, -0.1) is 0 Å². The molecule has 2 amide bonds. The molecule has 2 aromatic rings. The van der Waals surface area contributed by atoms with Crippen LogP contribution in [0.5, 0.6) is 17.2 Å². The van der Waals surface area contributed by atoms with Crippen molar-refractivity contribution in [3.8, 4) is 17.2 Å². The highest BCUT2D eigenvalue weighted by molar-refractivity contribution is 6.31. The highest BCUT2D eigenvalue weighted by Crippen LogP contribution is 2.36. The largest absolute Gasteiger partial charge is 0.482 e. The van der Waals surface area contributed by atoms with Gasteiger partial charge in [0.25, 0.3) is 5.91 Å². The van der Waals surface area contributed by atoms with Crippen molar-refractivity contribution < 1.29 is 23.8 Å². The molecule has 5 rings (SSSR count). The molecule has 3 aliphatic rings. The Morgan fingerprint density at radius 3 is 2.65 bits per heavy atom. The third-order valence-corrected chi connectivity index (χ3v) is 6.27. The number of halogens is 1. The summed E-state index contributed by atoms with van der Waals surface area (Å²) in [5.74, 6) is 1.63. The maximum Gasteiger partial charge on any atom is 0.265 e. The molecule has 0 bridgehead atoms. The molecule has 31 heavy (non-hydrogen) atoms. The van der Waals surface area contributed by atoms with E-state index in [9.17, 15) is 9.59 Å². The van der Waals surface area contributed by atoms with Crippen LogP contribution in [-0.2, 0) is 16.1 Å². The second-order valence-corrected chi connectivity index (χ2v) is 8.46. The van der Waals surface area contributed by atoms with E-state index < -0.39 is 0 Å². The number of amides is 2. The number of nitrogens with zero attached hydrogens (tertiary/aromatic N) is 2. The monoisotopic (exact) mass is 442 g/mol. The summed E-state index contributed by atoms with van der Waals surface area (Å²) in [4.78, 5) is 29.5. The van der Waals surface area contributed by atoms with Gasteiger partial charge in [0, 0.05) is 17.6 Å². The zero-order valence-corrected chi connectivity index (χ0v) is 17.8. The van der Waals surface area contributed by atoms with E-state index in [1.807, 2.05) is 23.1 Å². The molecular formula is C23H23ClN2O5. The molecule has 2 heterocycles. The van der Waals surface area contributed by atoms with Crippen LogP contribution in [0.1, 0.15) is 31.2 Å². The Morgan fingerprint density at radius 1 is 1.03 bits per heavy atom. The van der Waals surface area contributed by atoms with Gasteiger partial charge in [-0.3, -0.25) is 14.5 Å². The smallest absolute Gasteiger partial charge is 0.265 e. The first-order valence-electron chi connectivity index (χ1n) is 10.5. The van der Waals surface area contributed by atoms with Crippen molar-refractivity contribution in [1.82, 2.24) is 4.90 Å². The fraction of sp³-hybridized carbons (Fsp3) is 0.391. The number of carbonyl (C=O) groups excluding carboxylic acids is 2. The van der Waals surface area contributed by atoms with Crippen LogP contribution < -0.4 is 19.1 Å². The topological polar surface area (TPSA) is 68.3 Å². The van der Waals surface area contributed by atoms with Crippen molar-refractivity contribution >= 4 is 29.1 Å². The first-order valence-corrected chi connectivity index (χ1v) is 10.9. The maximum atomic E-state index is 13.5. The van der Waals surface area contributed by atoms with Gasteiger partial charge >= 0.3 is 0 Å². The fourth-order valence-corrected chi connectivity index (χ4v) is 4.61. The molecule has 8 heteroatoms. The standard InChI is InChI=1S/C23H23ClN2O5/c24-16-6-8-19-18(10-16)26(23(28)13-29-19)12-22(27)25(17-3-1-2-4-17)11-15-5-7-20-21(9-15)31-14-30-20/h5-10,17H,1-4,11-14H2. The van der Waals surface area contributed by atoms with Gasteiger partial charge in [0.15, 0.2) is 18.1 Å². The van der Waals surface area contributed by atoms with Crippen LogP contribution in [0.25, 0.3) is 0 Å². The van der Waals surface area contributed by atoms with Crippen LogP contribution in [0.4, 0.5) is 5.69 Å². The minimum Gasteiger partial charge on any atom is -0.482 e. The van der Waals surface area contributed by atoms with Gasteiger partial charge in [0.05, 0.1) is 5.69 Å². The Morgan fingerprint density at radius 2 is 1.81 bits per heavy atom. The highest BCUT2D eigenvalue weighted by atomic mass is 35.5. The van der Waals surface area contributed by atoms with Crippen LogP contribution in [0.15, 0.2) is 36.4 Å². The van der Waals surface area contributed by atoms with Gasteiger partial charge < -0.3 is 19.1 Å². The lowest BCUT2D eigenvalue weighted by Crippen LogP contribution is -2.48. The van der Waals surface area contributed by atoms with Crippen molar-refractivity contribution in [1.29, 1.82) is 0 Å². The first kappa shape index (κ1) is 20.0. The minimum absolute atomic E-state index is 0.0451. The van der Waals surface area contributed by atoms with E-state index in [2.05, 4.69) is 0 Å². The van der Waals surface area contributed by atoms with Gasteiger partial charge in [-0.05, 0) is 48.7 Å². The molecule has 7 nitrogen and oxygen atoms in total. The predicted octanol–water partition coefficient (Wildman–Crippen LogP) is 3.77. The second-order valence-electron chi connectivity index (χ2n) is 8.03. The SMILES string of the molecule is O=C1COc2ccc(Cl)cc2N1CC(=O)N(Cc1ccc2c(c1)OCO2)C1CCCC1. The van der Waals surface area contributed by atoms with E-state index >= 15 is 0 Å². The van der Waals surface area contributed by atoms with E-state index in [1.165, 1.54) is 4.90 Å². The van der Waals surface area contributed by atoms with Crippen molar-refractivity contribution in [2.45, 2.75) is 38.3 Å². The third kappa shape index (κ3) is 4.02. The Kier molecular flexibility index (Phi) is 5.36. The van der Waals surface area contributed by atoms with E-state index in [0.29, 0.717) is 28.8 Å². The Bertz CT molecular complexity index is 1020. The van der Waals surface area contributed by atoms with Crippen molar-refractivity contribution in [2.75, 3.05) is 24.8 Å². The van der Waals surface area contributed by atoms with Gasteiger partial charge in [-0.25, -0.2) is 0 Å². The molecule has 0 N–H and O–H groups in total. The average Bonchev–Trinajstić information content (AvgIpc) is 3.45. The lowest BCUT2D eigenvalue weighted by molar-refractivity contribution is -0.134. The third-order valence-electron chi connectivity index (χ3n) is 6.03. The molecule has 2 aromatic carbocycles. The molecule has 2 aliphatic heterocycles. The summed E-state index contributed by atoms with van der Waals surface area (Å²) >= 11 is 6.14. The van der Waals surface area contributed by atoms with Crippen molar-refractivity contribution in [3.63, 3.8) is 0 Å². The Balaban J connectivity index is 1.39. The normalized spacial score (nSPS) is 17.5. The lowest BCUT2D eigenvalue weighted by atomic mass is 10.1. The molecule has 1 saturated carbocycles. The van der Waals surface area contributed by atoms with Crippen LogP contribution in [0, 0.1) is 0 Å². The van der Waals surface area contributed by atoms with Gasteiger partial charge in [0.2, 0.25) is 12.7 Å². The second kappa shape index (κ2) is 8.30. The predicted molar refractivity (Wildman–Crippen MR) is 115 cm³/mol. The zero-order chi connectivity index (χ0) is 21.4. The molecule has 0 unspecified atom stereocenters. The maximum absolute atomic E-state index is 13.5. The number of hydrogen-bond donors (Lipinski definition) is 0. The summed E-state index contributed by atoms with van der Waals surface area (Å²) in [5.41, 5.74) is 1.51. The molecule has 0 saturated heterocycles. The van der Waals surface area contributed by atoms with Gasteiger partial charge in [-0.1, -0.05) is 30.5 Å². The highest BCUT2D eigenvalue weighted by Gasteiger charge is 2.32. The fourth-order valence-electron chi connectivity index (χ4n) is 4.45. The van der Waals surface area contributed by atoms with Crippen LogP contribution in [0.2, 0.25) is 5.02 Å². The zero-order valence-electron chi connectivity index (χ0n) is 17.0. The number of fused-ring (bicyclic) bond motifs is 2. The molecule has 0 radical (unpaired) electrons. The number of hydrogen-bond acceptors (Lipinski definition) is 5. The van der Waals surface area contributed by atoms with Crippen molar-refractivity contribution in [3.05, 3.63) is 47.0 Å². The summed E-state index contributed by atoms with van der Waals surface area (Å²) in [5, 5.41) is 0.488. The van der Waals surface area contributed by atoms with Crippen LogP contribution in [-0.4, -0.2) is 42.7 Å². The van der Waals surface area contributed by atoms with E-state index in [1.54, 1.807) is 18.2 Å². The average molecular weight is 443 g/mol. The summed E-state index contributed by atoms with van der Waals surface area (Å²) in [7, 11) is 0. The molecule has 0 atom stereocenters. The number of anilines is 1. The summed E-state index contributed by atoms with van der Waals surface area (Å²) in [6.07, 6.45) is 4.14. The van der Waals surface area contributed by atoms with Gasteiger partial charge in [0.1, 0.15) is 12.3 Å². The van der Waals surface area contributed by atoms with E-state index in [4.69, 9.17) is 25.8 Å². The summed E-state index contributed by atoms with van der Waals surface area (Å²) in [6.45, 7) is 0.538. The Labute approximate surface area is 185 Å². The van der Waals surface area contributed by atoms with E-state index in [0.717, 1.165) is 37.0 Å². The van der Waals surface area contributed by atoms with Crippen LogP contribution in [0.3, 0.4) is 0 Å². The molecule has 0 aromatic heterocycles. The molecule has 162 valence electrons. The summed E-state index contributed by atoms with van der Waals surface area (Å²) < 4.78 is 16.4. The Hall–Kier alpha value is -2.93. The van der Waals surface area contributed by atoms with Gasteiger partial charge in [-0.2, -0.15) is 0 Å². The lowest BCUT2D eigenvalue weighted by Gasteiger charge is -2.34. The van der Waals surface area contributed by atoms with Crippen molar-refractivity contribution in [2.24, 2.45) is 0 Å². The molecule has 0 spiro atoms. The quantitative estimate of drug-likeness (QED) is 0.705. The number of carbonyl (C=O) groups is 2. The molecule has 1 fully saturated rings. The number of rotatable bonds is 5. The molecule has 1 aliphatic carbocycles. The molecular weight excluding hydrogens is 420 g/mol.